The molecule has 0 atom stereocenters. The molecule has 2 aliphatic heterocycles. The number of guanidine groups is 1. The number of carbonyl (C=O) groups is 1. The summed E-state index contributed by atoms with van der Waals surface area (Å²) >= 11 is 0. The number of aliphatic imine (C=N–C) groups is 2. The van der Waals surface area contributed by atoms with Crippen molar-refractivity contribution < 1.29 is 18.1 Å². The van der Waals surface area contributed by atoms with Crippen LogP contribution in [0.1, 0.15) is 43.1 Å². The van der Waals surface area contributed by atoms with Gasteiger partial charge in [0.25, 0.3) is 21.6 Å². The normalized spacial score (nSPS) is 16.0. The minimum absolute atomic E-state index is 0.0159. The Hall–Kier alpha value is -3.86. The van der Waals surface area contributed by atoms with Gasteiger partial charge >= 0.3 is 0 Å². The molecule has 11 heteroatoms. The van der Waals surface area contributed by atoms with Crippen molar-refractivity contribution >= 4 is 33.3 Å². The maximum absolute atomic E-state index is 13.0. The molecule has 0 fully saturated rings. The van der Waals surface area contributed by atoms with Crippen LogP contribution in [0.3, 0.4) is 0 Å². The van der Waals surface area contributed by atoms with E-state index in [-0.39, 0.29) is 41.0 Å². The lowest BCUT2D eigenvalue weighted by atomic mass is 9.87. The number of carbonyl (C=O) groups excluding carboxylic acids is 1. The van der Waals surface area contributed by atoms with Crippen LogP contribution in [0, 0.1) is 10.1 Å². The number of fused-ring (bicyclic) bond motifs is 1. The second kappa shape index (κ2) is 9.06. The number of non-ortho nitro benzene ring substituents is 1. The minimum Gasteiger partial charge on any atom is -0.291 e. The zero-order valence-corrected chi connectivity index (χ0v) is 20.4. The molecular formula is C24H25N5O5S. The molecule has 0 unspecified atom stereocenters. The van der Waals surface area contributed by atoms with Gasteiger partial charge in [0, 0.05) is 42.4 Å². The van der Waals surface area contributed by atoms with Crippen molar-refractivity contribution in [3.63, 3.8) is 0 Å². The maximum atomic E-state index is 13.0. The number of hydrogen-bond donors (Lipinski definition) is 1. The average Bonchev–Trinajstić information content (AvgIpc) is 2.83. The third-order valence-electron chi connectivity index (χ3n) is 5.77. The highest BCUT2D eigenvalue weighted by Gasteiger charge is 2.29. The van der Waals surface area contributed by atoms with E-state index in [2.05, 4.69) is 36.1 Å². The van der Waals surface area contributed by atoms with Crippen molar-refractivity contribution in [3.05, 3.63) is 81.5 Å². The monoisotopic (exact) mass is 495 g/mol. The van der Waals surface area contributed by atoms with Crippen LogP contribution in [0.15, 0.2) is 75.2 Å². The minimum atomic E-state index is -3.88. The Morgan fingerprint density at radius 1 is 1.09 bits per heavy atom. The summed E-state index contributed by atoms with van der Waals surface area (Å²) in [7, 11) is -3.88. The quantitative estimate of drug-likeness (QED) is 0.512. The van der Waals surface area contributed by atoms with Crippen molar-refractivity contribution in [2.45, 2.75) is 37.5 Å². The second-order valence-corrected chi connectivity index (χ2v) is 11.1. The summed E-state index contributed by atoms with van der Waals surface area (Å²) < 4.78 is 27.1. The van der Waals surface area contributed by atoms with Crippen LogP contribution in [0.25, 0.3) is 0 Å². The van der Waals surface area contributed by atoms with Crippen LogP contribution in [-0.2, 0) is 15.4 Å². The summed E-state index contributed by atoms with van der Waals surface area (Å²) in [4.78, 5) is 31.5. The van der Waals surface area contributed by atoms with Gasteiger partial charge in [0.15, 0.2) is 0 Å². The molecule has 1 amide bonds. The summed E-state index contributed by atoms with van der Waals surface area (Å²) in [5.74, 6) is -0.132. The maximum Gasteiger partial charge on any atom is 0.269 e. The number of sulfonamides is 1. The fourth-order valence-electron chi connectivity index (χ4n) is 3.70. The first-order valence-electron chi connectivity index (χ1n) is 11.0. The van der Waals surface area contributed by atoms with E-state index in [0.717, 1.165) is 17.7 Å². The molecule has 2 heterocycles. The van der Waals surface area contributed by atoms with Crippen LogP contribution in [0.4, 0.5) is 5.69 Å². The fourth-order valence-corrected chi connectivity index (χ4v) is 5.05. The molecule has 2 aromatic carbocycles. The van der Waals surface area contributed by atoms with Crippen LogP contribution in [-0.4, -0.2) is 48.3 Å². The standard InChI is InChI=1S/C24H25N5O5S/c1-24(2,3)18-6-4-16(5-7-18)22(30)27-23-25-14-17-15-28(13-12-21(17)26-23)35(33,34)20-10-8-19(9-11-20)29(31)32/h4-11,15H,12-14H2,1-3H3,(H,25,27,30). The van der Waals surface area contributed by atoms with Gasteiger partial charge in [-0.05, 0) is 35.2 Å². The third-order valence-corrected chi connectivity index (χ3v) is 7.55. The molecule has 0 saturated heterocycles. The van der Waals surface area contributed by atoms with Crippen molar-refractivity contribution in [2.75, 3.05) is 13.1 Å². The molecule has 4 rings (SSSR count). The van der Waals surface area contributed by atoms with E-state index >= 15 is 0 Å². The number of nitrogens with one attached hydrogen (secondary N) is 1. The van der Waals surface area contributed by atoms with E-state index in [9.17, 15) is 23.3 Å². The van der Waals surface area contributed by atoms with Gasteiger partial charge in [-0.1, -0.05) is 32.9 Å². The van der Waals surface area contributed by atoms with Crippen molar-refractivity contribution in [1.29, 1.82) is 0 Å². The van der Waals surface area contributed by atoms with Gasteiger partial charge in [0.2, 0.25) is 5.96 Å². The number of benzene rings is 2. The molecule has 2 aliphatic rings. The molecule has 0 radical (unpaired) electrons. The zero-order chi connectivity index (χ0) is 25.4. The summed E-state index contributed by atoms with van der Waals surface area (Å²) in [5, 5.41) is 13.5. The second-order valence-electron chi connectivity index (χ2n) is 9.25. The Balaban J connectivity index is 1.46. The zero-order valence-electron chi connectivity index (χ0n) is 19.6. The Labute approximate surface area is 203 Å². The number of rotatable bonds is 4. The van der Waals surface area contributed by atoms with E-state index in [0.29, 0.717) is 23.3 Å². The highest BCUT2D eigenvalue weighted by Crippen LogP contribution is 2.25. The first kappa shape index (κ1) is 24.3. The smallest absolute Gasteiger partial charge is 0.269 e. The number of amides is 1. The van der Waals surface area contributed by atoms with Gasteiger partial charge < -0.3 is 0 Å². The van der Waals surface area contributed by atoms with E-state index < -0.39 is 14.9 Å². The van der Waals surface area contributed by atoms with E-state index in [4.69, 9.17) is 0 Å². The number of nitro groups is 1. The lowest BCUT2D eigenvalue weighted by Crippen LogP contribution is -2.37. The molecule has 0 saturated carbocycles. The molecule has 182 valence electrons. The number of nitro benzene ring substituents is 1. The molecule has 2 aromatic rings. The number of nitrogens with zero attached hydrogens (tertiary/aromatic N) is 4. The van der Waals surface area contributed by atoms with E-state index in [1.807, 2.05) is 12.1 Å². The summed E-state index contributed by atoms with van der Waals surface area (Å²) in [6.07, 6.45) is 1.82. The molecule has 0 bridgehead atoms. The van der Waals surface area contributed by atoms with Crippen LogP contribution in [0.5, 0.6) is 0 Å². The van der Waals surface area contributed by atoms with Gasteiger partial charge in [-0.3, -0.25) is 24.5 Å². The Kier molecular flexibility index (Phi) is 6.28. The van der Waals surface area contributed by atoms with Crippen LogP contribution < -0.4 is 5.32 Å². The Morgan fingerprint density at radius 3 is 2.34 bits per heavy atom. The highest BCUT2D eigenvalue weighted by molar-refractivity contribution is 7.89. The fraction of sp³-hybridized carbons (Fsp3) is 0.292. The molecule has 35 heavy (non-hydrogen) atoms. The highest BCUT2D eigenvalue weighted by atomic mass is 32.2. The predicted octanol–water partition coefficient (Wildman–Crippen LogP) is 3.41. The SMILES string of the molecule is CC(C)(C)c1ccc(C(=O)NC2=NCC3=CN(S(=O)(=O)c4ccc([N+](=O)[O-])cc4)CCC3=N2)cc1. The van der Waals surface area contributed by atoms with Crippen molar-refractivity contribution in [1.82, 2.24) is 9.62 Å². The summed E-state index contributed by atoms with van der Waals surface area (Å²) in [6, 6.07) is 12.1. The number of hydrogen-bond acceptors (Lipinski definition) is 7. The first-order chi connectivity index (χ1) is 16.4. The summed E-state index contributed by atoms with van der Waals surface area (Å²) in [5.41, 5.74) is 2.71. The van der Waals surface area contributed by atoms with Crippen LogP contribution >= 0.6 is 0 Å². The van der Waals surface area contributed by atoms with Gasteiger partial charge in [-0.2, -0.15) is 0 Å². The molecule has 0 spiro atoms. The largest absolute Gasteiger partial charge is 0.291 e. The Bertz CT molecular complexity index is 1370. The molecular weight excluding hydrogens is 470 g/mol. The Morgan fingerprint density at radius 2 is 1.74 bits per heavy atom. The predicted molar refractivity (Wildman–Crippen MR) is 132 cm³/mol. The van der Waals surface area contributed by atoms with Crippen molar-refractivity contribution in [3.8, 4) is 0 Å². The molecule has 0 aliphatic carbocycles. The van der Waals surface area contributed by atoms with E-state index in [1.54, 1.807) is 12.1 Å². The van der Waals surface area contributed by atoms with Crippen LogP contribution in [0.2, 0.25) is 0 Å². The summed E-state index contributed by atoms with van der Waals surface area (Å²) in [6.45, 7) is 6.62. The third kappa shape index (κ3) is 5.14. The van der Waals surface area contributed by atoms with Gasteiger partial charge in [-0.25, -0.2) is 18.4 Å². The molecule has 0 aromatic heterocycles. The van der Waals surface area contributed by atoms with Gasteiger partial charge in [0.1, 0.15) is 0 Å². The lowest BCUT2D eigenvalue weighted by Gasteiger charge is -2.28. The van der Waals surface area contributed by atoms with Gasteiger partial charge in [-0.15, -0.1) is 0 Å². The topological polar surface area (TPSA) is 134 Å². The average molecular weight is 496 g/mol. The first-order valence-corrected chi connectivity index (χ1v) is 12.4. The lowest BCUT2D eigenvalue weighted by molar-refractivity contribution is -0.384. The molecule has 10 nitrogen and oxygen atoms in total. The van der Waals surface area contributed by atoms with E-state index in [1.165, 1.54) is 22.6 Å². The van der Waals surface area contributed by atoms with Crippen molar-refractivity contribution in [2.24, 2.45) is 9.98 Å². The van der Waals surface area contributed by atoms with Gasteiger partial charge in [0.05, 0.1) is 22.1 Å². The molecule has 1 N–H and O–H groups in total.